The SMILES string of the molecule is CC(=CC(=O)OC(C)C)Nc1cccc(C(F)(F)F)c1. The van der Waals surface area contributed by atoms with Crippen LogP contribution in [0.4, 0.5) is 18.9 Å². The van der Waals surface area contributed by atoms with E-state index in [-0.39, 0.29) is 11.8 Å². The van der Waals surface area contributed by atoms with Crippen LogP contribution in [-0.2, 0) is 15.7 Å². The Morgan fingerprint density at radius 1 is 1.35 bits per heavy atom. The molecule has 0 heterocycles. The normalized spacial score (nSPS) is 12.4. The molecule has 0 unspecified atom stereocenters. The highest BCUT2D eigenvalue weighted by molar-refractivity contribution is 5.83. The van der Waals surface area contributed by atoms with Crippen molar-refractivity contribution in [2.75, 3.05) is 5.32 Å². The van der Waals surface area contributed by atoms with Gasteiger partial charge in [0.15, 0.2) is 0 Å². The molecule has 0 saturated heterocycles. The van der Waals surface area contributed by atoms with Crippen LogP contribution < -0.4 is 5.32 Å². The van der Waals surface area contributed by atoms with E-state index in [1.807, 2.05) is 0 Å². The minimum Gasteiger partial charge on any atom is -0.460 e. The van der Waals surface area contributed by atoms with Crippen molar-refractivity contribution in [3.63, 3.8) is 0 Å². The van der Waals surface area contributed by atoms with Gasteiger partial charge in [0.1, 0.15) is 0 Å². The summed E-state index contributed by atoms with van der Waals surface area (Å²) in [4.78, 5) is 11.4. The van der Waals surface area contributed by atoms with E-state index in [0.717, 1.165) is 12.1 Å². The highest BCUT2D eigenvalue weighted by Crippen LogP contribution is 2.30. The lowest BCUT2D eigenvalue weighted by Crippen LogP contribution is -2.10. The Bertz CT molecular complexity index is 507. The maximum Gasteiger partial charge on any atom is 0.416 e. The summed E-state index contributed by atoms with van der Waals surface area (Å²) in [5.74, 6) is -0.544. The third-order valence-corrected chi connectivity index (χ3v) is 2.22. The van der Waals surface area contributed by atoms with Gasteiger partial charge in [0.2, 0.25) is 0 Å². The smallest absolute Gasteiger partial charge is 0.416 e. The number of rotatable bonds is 4. The molecule has 20 heavy (non-hydrogen) atoms. The third-order valence-electron chi connectivity index (χ3n) is 2.22. The number of anilines is 1. The van der Waals surface area contributed by atoms with Gasteiger partial charge in [-0.2, -0.15) is 13.2 Å². The van der Waals surface area contributed by atoms with Crippen LogP contribution >= 0.6 is 0 Å². The standard InChI is InChI=1S/C14H16F3NO2/c1-9(2)20-13(19)7-10(3)18-12-6-4-5-11(8-12)14(15,16)17/h4-9,18H,1-3H3. The predicted octanol–water partition coefficient (Wildman–Crippen LogP) is 3.97. The number of nitrogens with one attached hydrogen (secondary N) is 1. The molecule has 6 heteroatoms. The fourth-order valence-corrected chi connectivity index (χ4v) is 1.48. The van der Waals surface area contributed by atoms with E-state index in [1.54, 1.807) is 20.8 Å². The van der Waals surface area contributed by atoms with Crippen LogP contribution in [0, 0.1) is 0 Å². The topological polar surface area (TPSA) is 38.3 Å². The summed E-state index contributed by atoms with van der Waals surface area (Å²) < 4.78 is 42.5. The summed E-state index contributed by atoms with van der Waals surface area (Å²) >= 11 is 0. The molecular weight excluding hydrogens is 271 g/mol. The average molecular weight is 287 g/mol. The number of carbonyl (C=O) groups is 1. The monoisotopic (exact) mass is 287 g/mol. The van der Waals surface area contributed by atoms with Crippen LogP contribution in [0.25, 0.3) is 0 Å². The Hall–Kier alpha value is -1.98. The molecule has 1 N–H and O–H groups in total. The third kappa shape index (κ3) is 5.34. The number of carbonyl (C=O) groups excluding carboxylic acids is 1. The molecular formula is C14H16F3NO2. The Morgan fingerprint density at radius 2 is 2.00 bits per heavy atom. The van der Waals surface area contributed by atoms with E-state index >= 15 is 0 Å². The Kier molecular flexibility index (Phi) is 5.19. The second-order valence-corrected chi connectivity index (χ2v) is 4.52. The molecule has 1 aromatic carbocycles. The molecule has 110 valence electrons. The zero-order chi connectivity index (χ0) is 15.3. The number of ether oxygens (including phenoxy) is 1. The average Bonchev–Trinajstić information content (AvgIpc) is 2.26. The molecule has 0 amide bonds. The lowest BCUT2D eigenvalue weighted by atomic mass is 10.2. The first-order chi connectivity index (χ1) is 9.18. The number of allylic oxidation sites excluding steroid dienone is 1. The maximum absolute atomic E-state index is 12.5. The number of alkyl halides is 3. The van der Waals surface area contributed by atoms with Gasteiger partial charge in [0.25, 0.3) is 0 Å². The van der Waals surface area contributed by atoms with Gasteiger partial charge >= 0.3 is 12.1 Å². The first-order valence-electron chi connectivity index (χ1n) is 6.01. The number of hydrogen-bond donors (Lipinski definition) is 1. The van der Waals surface area contributed by atoms with Gasteiger partial charge in [-0.05, 0) is 39.0 Å². The molecule has 0 aliphatic rings. The van der Waals surface area contributed by atoms with Crippen molar-refractivity contribution in [3.8, 4) is 0 Å². The van der Waals surface area contributed by atoms with Crippen molar-refractivity contribution in [2.24, 2.45) is 0 Å². The Morgan fingerprint density at radius 3 is 2.55 bits per heavy atom. The Labute approximate surface area is 115 Å². The first kappa shape index (κ1) is 16.1. The first-order valence-corrected chi connectivity index (χ1v) is 6.01. The van der Waals surface area contributed by atoms with E-state index in [4.69, 9.17) is 4.74 Å². The van der Waals surface area contributed by atoms with Crippen LogP contribution in [0.5, 0.6) is 0 Å². The molecule has 0 spiro atoms. The molecule has 0 aliphatic heterocycles. The zero-order valence-electron chi connectivity index (χ0n) is 11.4. The molecule has 0 fully saturated rings. The molecule has 3 nitrogen and oxygen atoms in total. The molecule has 0 saturated carbocycles. The quantitative estimate of drug-likeness (QED) is 0.672. The van der Waals surface area contributed by atoms with Crippen LogP contribution in [0.1, 0.15) is 26.3 Å². The highest BCUT2D eigenvalue weighted by Gasteiger charge is 2.30. The molecule has 0 aromatic heterocycles. The molecule has 0 bridgehead atoms. The number of halogens is 3. The van der Waals surface area contributed by atoms with Gasteiger partial charge in [-0.1, -0.05) is 6.07 Å². The predicted molar refractivity (Wildman–Crippen MR) is 70.1 cm³/mol. The minimum absolute atomic E-state index is 0.250. The van der Waals surface area contributed by atoms with Crippen LogP contribution in [0.2, 0.25) is 0 Å². The second kappa shape index (κ2) is 6.45. The van der Waals surface area contributed by atoms with Crippen molar-refractivity contribution < 1.29 is 22.7 Å². The second-order valence-electron chi connectivity index (χ2n) is 4.52. The van der Waals surface area contributed by atoms with Crippen LogP contribution in [0.3, 0.4) is 0 Å². The van der Waals surface area contributed by atoms with Gasteiger partial charge in [0, 0.05) is 17.5 Å². The van der Waals surface area contributed by atoms with E-state index < -0.39 is 17.7 Å². The largest absolute Gasteiger partial charge is 0.460 e. The van der Waals surface area contributed by atoms with Gasteiger partial charge in [-0.3, -0.25) is 0 Å². The summed E-state index contributed by atoms with van der Waals surface area (Å²) in [6, 6.07) is 4.74. The van der Waals surface area contributed by atoms with E-state index in [1.165, 1.54) is 18.2 Å². The lowest BCUT2D eigenvalue weighted by molar-refractivity contribution is -0.141. The summed E-state index contributed by atoms with van der Waals surface area (Å²) in [7, 11) is 0. The fraction of sp³-hybridized carbons (Fsp3) is 0.357. The van der Waals surface area contributed by atoms with E-state index in [0.29, 0.717) is 5.70 Å². The van der Waals surface area contributed by atoms with E-state index in [9.17, 15) is 18.0 Å². The van der Waals surface area contributed by atoms with Gasteiger partial charge < -0.3 is 10.1 Å². The van der Waals surface area contributed by atoms with Gasteiger partial charge in [-0.15, -0.1) is 0 Å². The fourth-order valence-electron chi connectivity index (χ4n) is 1.48. The number of benzene rings is 1. The minimum atomic E-state index is -4.40. The van der Waals surface area contributed by atoms with E-state index in [2.05, 4.69) is 5.32 Å². The van der Waals surface area contributed by atoms with Gasteiger partial charge in [0.05, 0.1) is 11.7 Å². The Balaban J connectivity index is 2.78. The molecule has 0 atom stereocenters. The maximum atomic E-state index is 12.5. The van der Waals surface area contributed by atoms with Crippen LogP contribution in [-0.4, -0.2) is 12.1 Å². The summed E-state index contributed by atoms with van der Waals surface area (Å²) in [5, 5.41) is 2.72. The molecule has 0 aliphatic carbocycles. The highest BCUT2D eigenvalue weighted by atomic mass is 19.4. The van der Waals surface area contributed by atoms with Crippen molar-refractivity contribution in [2.45, 2.75) is 33.1 Å². The number of esters is 1. The summed E-state index contributed by atoms with van der Waals surface area (Å²) in [5.41, 5.74) is -0.0963. The molecule has 0 radical (unpaired) electrons. The zero-order valence-corrected chi connectivity index (χ0v) is 11.4. The lowest BCUT2D eigenvalue weighted by Gasteiger charge is -2.11. The van der Waals surface area contributed by atoms with Crippen molar-refractivity contribution >= 4 is 11.7 Å². The van der Waals surface area contributed by atoms with Crippen LogP contribution in [0.15, 0.2) is 36.0 Å². The van der Waals surface area contributed by atoms with Crippen molar-refractivity contribution in [3.05, 3.63) is 41.6 Å². The molecule has 1 rings (SSSR count). The van der Waals surface area contributed by atoms with Crippen molar-refractivity contribution in [1.29, 1.82) is 0 Å². The summed E-state index contributed by atoms with van der Waals surface area (Å²) in [6.07, 6.45) is -3.45. The summed E-state index contributed by atoms with van der Waals surface area (Å²) in [6.45, 7) is 4.99. The molecule has 1 aromatic rings. The van der Waals surface area contributed by atoms with Crippen molar-refractivity contribution in [1.82, 2.24) is 0 Å². The number of hydrogen-bond acceptors (Lipinski definition) is 3. The van der Waals surface area contributed by atoms with Gasteiger partial charge in [-0.25, -0.2) is 4.79 Å².